The lowest BCUT2D eigenvalue weighted by Gasteiger charge is -2.30. The molecule has 0 saturated carbocycles. The third-order valence-electron chi connectivity index (χ3n) is 2.12. The maximum Gasteiger partial charge on any atom is 0.269 e. The molecule has 1 N–H and O–H groups in total. The van der Waals surface area contributed by atoms with E-state index in [1.807, 2.05) is 6.07 Å². The minimum absolute atomic E-state index is 0.0331. The molecule has 1 saturated heterocycles. The number of benzene rings is 1. The van der Waals surface area contributed by atoms with Gasteiger partial charge in [0, 0.05) is 12.0 Å². The molecule has 0 aliphatic carbocycles. The van der Waals surface area contributed by atoms with Crippen molar-refractivity contribution in [2.45, 2.75) is 6.42 Å². The van der Waals surface area contributed by atoms with Gasteiger partial charge in [0.15, 0.2) is 0 Å². The van der Waals surface area contributed by atoms with E-state index in [-0.39, 0.29) is 11.8 Å². The zero-order chi connectivity index (χ0) is 9.97. The summed E-state index contributed by atoms with van der Waals surface area (Å²) in [6, 6.07) is 8.82. The molecule has 1 fully saturated rings. The Balaban J connectivity index is 1.99. The van der Waals surface area contributed by atoms with Gasteiger partial charge >= 0.3 is 0 Å². The predicted octanol–water partition coefficient (Wildman–Crippen LogP) is 0.564. The van der Waals surface area contributed by atoms with Crippen LogP contribution >= 0.6 is 0 Å². The maximum atomic E-state index is 11.5. The molecule has 0 spiro atoms. The van der Waals surface area contributed by atoms with Gasteiger partial charge in [-0.3, -0.25) is 20.0 Å². The van der Waals surface area contributed by atoms with Gasteiger partial charge in [0.05, 0.1) is 6.54 Å². The molecule has 0 unspecified atom stereocenters. The zero-order valence-electron chi connectivity index (χ0n) is 7.56. The lowest BCUT2D eigenvalue weighted by molar-refractivity contribution is -0.142. The SMILES string of the molecule is O=C(NN1CCC1=O)c1ccccc1. The molecular weight excluding hydrogens is 180 g/mol. The van der Waals surface area contributed by atoms with E-state index in [1.54, 1.807) is 24.3 Å². The van der Waals surface area contributed by atoms with Crippen LogP contribution < -0.4 is 5.43 Å². The second-order valence-corrected chi connectivity index (χ2v) is 3.10. The summed E-state index contributed by atoms with van der Waals surface area (Å²) in [5.41, 5.74) is 3.09. The van der Waals surface area contributed by atoms with Crippen LogP contribution in [0.15, 0.2) is 30.3 Å². The number of nitrogens with one attached hydrogen (secondary N) is 1. The molecule has 4 nitrogen and oxygen atoms in total. The number of carbonyl (C=O) groups excluding carboxylic acids is 2. The van der Waals surface area contributed by atoms with Gasteiger partial charge in [-0.25, -0.2) is 0 Å². The van der Waals surface area contributed by atoms with Crippen LogP contribution in [0, 0.1) is 0 Å². The Bertz CT molecular complexity index is 362. The molecule has 14 heavy (non-hydrogen) atoms. The number of hydrogen-bond acceptors (Lipinski definition) is 2. The van der Waals surface area contributed by atoms with E-state index < -0.39 is 0 Å². The molecule has 1 aromatic carbocycles. The van der Waals surface area contributed by atoms with Gasteiger partial charge in [0.1, 0.15) is 0 Å². The highest BCUT2D eigenvalue weighted by Crippen LogP contribution is 2.06. The van der Waals surface area contributed by atoms with Crippen molar-refractivity contribution < 1.29 is 9.59 Å². The Kier molecular flexibility index (Phi) is 2.18. The fraction of sp³-hybridized carbons (Fsp3) is 0.200. The molecule has 0 bridgehead atoms. The third-order valence-corrected chi connectivity index (χ3v) is 2.12. The number of hydrogen-bond donors (Lipinski definition) is 1. The molecular formula is C10H10N2O2. The first-order valence-electron chi connectivity index (χ1n) is 4.44. The molecule has 0 aromatic heterocycles. The van der Waals surface area contributed by atoms with Gasteiger partial charge in [-0.15, -0.1) is 0 Å². The highest BCUT2D eigenvalue weighted by Gasteiger charge is 2.25. The lowest BCUT2D eigenvalue weighted by atomic mass is 10.2. The highest BCUT2D eigenvalue weighted by atomic mass is 16.2. The number of β-lactam (4-membered cyclic amide) rings is 1. The molecule has 4 heteroatoms. The molecule has 1 aromatic rings. The van der Waals surface area contributed by atoms with Crippen LogP contribution in [0.25, 0.3) is 0 Å². The minimum atomic E-state index is -0.237. The van der Waals surface area contributed by atoms with Crippen molar-refractivity contribution >= 4 is 11.8 Å². The summed E-state index contributed by atoms with van der Waals surface area (Å²) < 4.78 is 0. The topological polar surface area (TPSA) is 49.4 Å². The standard InChI is InChI=1S/C10H10N2O2/c13-9-6-7-12(9)11-10(14)8-4-2-1-3-5-8/h1-5H,6-7H2,(H,11,14). The average molecular weight is 190 g/mol. The van der Waals surface area contributed by atoms with Crippen LogP contribution in [0.2, 0.25) is 0 Å². The van der Waals surface area contributed by atoms with Gasteiger partial charge in [-0.05, 0) is 12.1 Å². The van der Waals surface area contributed by atoms with E-state index in [1.165, 1.54) is 5.01 Å². The minimum Gasteiger partial charge on any atom is -0.273 e. The van der Waals surface area contributed by atoms with Crippen molar-refractivity contribution in [3.05, 3.63) is 35.9 Å². The molecule has 2 amide bonds. The second-order valence-electron chi connectivity index (χ2n) is 3.10. The van der Waals surface area contributed by atoms with Gasteiger partial charge in [-0.2, -0.15) is 0 Å². The third kappa shape index (κ3) is 1.59. The molecule has 2 rings (SSSR count). The van der Waals surface area contributed by atoms with Crippen molar-refractivity contribution in [3.8, 4) is 0 Å². The second kappa shape index (κ2) is 3.49. The van der Waals surface area contributed by atoms with Crippen molar-refractivity contribution in [3.63, 3.8) is 0 Å². The fourth-order valence-electron chi connectivity index (χ4n) is 1.21. The van der Waals surface area contributed by atoms with E-state index in [0.717, 1.165) is 0 Å². The Morgan fingerprint density at radius 2 is 2.00 bits per heavy atom. The summed E-state index contributed by atoms with van der Waals surface area (Å²) in [6.07, 6.45) is 0.523. The van der Waals surface area contributed by atoms with E-state index in [0.29, 0.717) is 18.5 Å². The molecule has 1 aliphatic heterocycles. The first kappa shape index (κ1) is 8.74. The van der Waals surface area contributed by atoms with Crippen LogP contribution in [-0.2, 0) is 4.79 Å². The van der Waals surface area contributed by atoms with E-state index in [4.69, 9.17) is 0 Å². The first-order chi connectivity index (χ1) is 6.77. The summed E-state index contributed by atoms with van der Waals surface area (Å²) in [5.74, 6) is -0.270. The Morgan fingerprint density at radius 1 is 1.29 bits per heavy atom. The quantitative estimate of drug-likeness (QED) is 0.693. The monoisotopic (exact) mass is 190 g/mol. The van der Waals surface area contributed by atoms with E-state index in [9.17, 15) is 9.59 Å². The van der Waals surface area contributed by atoms with Gasteiger partial charge in [0.25, 0.3) is 5.91 Å². The lowest BCUT2D eigenvalue weighted by Crippen LogP contribution is -2.54. The smallest absolute Gasteiger partial charge is 0.269 e. The van der Waals surface area contributed by atoms with Gasteiger partial charge in [0.2, 0.25) is 5.91 Å². The summed E-state index contributed by atoms with van der Waals surface area (Å²) in [6.45, 7) is 0.609. The van der Waals surface area contributed by atoms with Crippen LogP contribution in [0.4, 0.5) is 0 Å². The first-order valence-corrected chi connectivity index (χ1v) is 4.44. The van der Waals surface area contributed by atoms with Crippen LogP contribution in [-0.4, -0.2) is 23.4 Å². The molecule has 0 atom stereocenters. The largest absolute Gasteiger partial charge is 0.273 e. The number of hydrazine groups is 1. The maximum absolute atomic E-state index is 11.5. The Labute approximate surface area is 81.5 Å². The molecule has 0 radical (unpaired) electrons. The highest BCUT2D eigenvalue weighted by molar-refractivity contribution is 5.96. The van der Waals surface area contributed by atoms with E-state index in [2.05, 4.69) is 5.43 Å². The number of rotatable bonds is 2. The summed E-state index contributed by atoms with van der Waals surface area (Å²) >= 11 is 0. The summed E-state index contributed by atoms with van der Waals surface area (Å²) in [7, 11) is 0. The molecule has 1 heterocycles. The van der Waals surface area contributed by atoms with Crippen molar-refractivity contribution in [2.24, 2.45) is 0 Å². The molecule has 72 valence electrons. The number of amides is 2. The van der Waals surface area contributed by atoms with Crippen molar-refractivity contribution in [1.29, 1.82) is 0 Å². The Morgan fingerprint density at radius 3 is 2.50 bits per heavy atom. The van der Waals surface area contributed by atoms with E-state index >= 15 is 0 Å². The van der Waals surface area contributed by atoms with Crippen LogP contribution in [0.5, 0.6) is 0 Å². The van der Waals surface area contributed by atoms with Gasteiger partial charge in [-0.1, -0.05) is 18.2 Å². The zero-order valence-corrected chi connectivity index (χ0v) is 7.56. The summed E-state index contributed by atoms with van der Waals surface area (Å²) in [4.78, 5) is 22.4. The van der Waals surface area contributed by atoms with Crippen molar-refractivity contribution in [2.75, 3.05) is 6.54 Å². The van der Waals surface area contributed by atoms with Gasteiger partial charge < -0.3 is 0 Å². The number of carbonyl (C=O) groups is 2. The average Bonchev–Trinajstić information content (AvgIpc) is 2.24. The summed E-state index contributed by atoms with van der Waals surface area (Å²) in [5, 5.41) is 1.33. The fourth-order valence-corrected chi connectivity index (χ4v) is 1.21. The van der Waals surface area contributed by atoms with Crippen LogP contribution in [0.3, 0.4) is 0 Å². The van der Waals surface area contributed by atoms with Crippen molar-refractivity contribution in [1.82, 2.24) is 10.4 Å². The number of nitrogens with zero attached hydrogens (tertiary/aromatic N) is 1. The predicted molar refractivity (Wildman–Crippen MR) is 50.2 cm³/mol. The Hall–Kier alpha value is -1.84. The normalized spacial score (nSPS) is 14.9. The molecule has 1 aliphatic rings. The van der Waals surface area contributed by atoms with Crippen LogP contribution in [0.1, 0.15) is 16.8 Å².